The lowest BCUT2D eigenvalue weighted by molar-refractivity contribution is -0.142. The second-order valence-corrected chi connectivity index (χ2v) is 5.19. The molecule has 5 heteroatoms. The van der Waals surface area contributed by atoms with Crippen molar-refractivity contribution in [2.24, 2.45) is 17.6 Å². The molecule has 4 nitrogen and oxygen atoms in total. The Morgan fingerprint density at radius 3 is 2.62 bits per heavy atom. The molecular weight excluding hydrogens is 224 g/mol. The van der Waals surface area contributed by atoms with Crippen LogP contribution in [0.5, 0.6) is 0 Å². The monoisotopic (exact) mass is 240 g/mol. The standard InChI is InChI=1S/C11H16N2O2S/c1-6-5-9(14)13(11(6)15)8-4-2-3-7(8)10(12)16/h6-8H,2-5H2,1H3,(H2,12,16). The summed E-state index contributed by atoms with van der Waals surface area (Å²) in [7, 11) is 0. The highest BCUT2D eigenvalue weighted by Crippen LogP contribution is 2.34. The molecule has 1 saturated carbocycles. The molecule has 16 heavy (non-hydrogen) atoms. The Bertz CT molecular complexity index is 356. The normalized spacial score (nSPS) is 34.8. The highest BCUT2D eigenvalue weighted by molar-refractivity contribution is 7.80. The molecule has 3 atom stereocenters. The van der Waals surface area contributed by atoms with Crippen LogP contribution in [-0.2, 0) is 9.59 Å². The quantitative estimate of drug-likeness (QED) is 0.574. The lowest BCUT2D eigenvalue weighted by Crippen LogP contribution is -2.45. The van der Waals surface area contributed by atoms with Crippen LogP contribution in [0.1, 0.15) is 32.6 Å². The van der Waals surface area contributed by atoms with Crippen molar-refractivity contribution in [1.82, 2.24) is 4.90 Å². The van der Waals surface area contributed by atoms with Gasteiger partial charge >= 0.3 is 0 Å². The van der Waals surface area contributed by atoms with E-state index in [2.05, 4.69) is 0 Å². The molecule has 1 aliphatic heterocycles. The zero-order chi connectivity index (χ0) is 11.9. The molecule has 0 spiro atoms. The van der Waals surface area contributed by atoms with Gasteiger partial charge in [-0.2, -0.15) is 0 Å². The van der Waals surface area contributed by atoms with Gasteiger partial charge in [0.1, 0.15) is 0 Å². The van der Waals surface area contributed by atoms with Gasteiger partial charge in [-0.05, 0) is 12.8 Å². The summed E-state index contributed by atoms with van der Waals surface area (Å²) in [6.07, 6.45) is 3.05. The number of amides is 2. The van der Waals surface area contributed by atoms with Crippen LogP contribution in [-0.4, -0.2) is 27.7 Å². The molecule has 2 rings (SSSR count). The summed E-state index contributed by atoms with van der Waals surface area (Å²) >= 11 is 5.00. The predicted molar refractivity (Wildman–Crippen MR) is 63.5 cm³/mol. The van der Waals surface area contributed by atoms with Crippen molar-refractivity contribution >= 4 is 29.0 Å². The zero-order valence-corrected chi connectivity index (χ0v) is 10.1. The molecule has 0 aromatic heterocycles. The van der Waals surface area contributed by atoms with Gasteiger partial charge in [0.25, 0.3) is 0 Å². The van der Waals surface area contributed by atoms with E-state index >= 15 is 0 Å². The van der Waals surface area contributed by atoms with Crippen LogP contribution >= 0.6 is 12.2 Å². The van der Waals surface area contributed by atoms with Gasteiger partial charge in [-0.1, -0.05) is 25.6 Å². The highest BCUT2D eigenvalue weighted by atomic mass is 32.1. The lowest BCUT2D eigenvalue weighted by atomic mass is 10.0. The lowest BCUT2D eigenvalue weighted by Gasteiger charge is -2.27. The maximum atomic E-state index is 11.9. The van der Waals surface area contributed by atoms with Gasteiger partial charge in [0.2, 0.25) is 11.8 Å². The molecule has 0 bridgehead atoms. The first kappa shape index (κ1) is 11.5. The smallest absolute Gasteiger partial charge is 0.232 e. The summed E-state index contributed by atoms with van der Waals surface area (Å²) in [4.78, 5) is 25.5. The second kappa shape index (κ2) is 4.13. The van der Waals surface area contributed by atoms with Crippen LogP contribution < -0.4 is 5.73 Å². The van der Waals surface area contributed by atoms with Crippen molar-refractivity contribution in [3.05, 3.63) is 0 Å². The second-order valence-electron chi connectivity index (χ2n) is 4.71. The van der Waals surface area contributed by atoms with Crippen LogP contribution in [0.25, 0.3) is 0 Å². The summed E-state index contributed by atoms with van der Waals surface area (Å²) in [5.41, 5.74) is 5.66. The number of carbonyl (C=O) groups is 2. The number of carbonyl (C=O) groups excluding carboxylic acids is 2. The minimum atomic E-state index is -0.180. The first-order valence-electron chi connectivity index (χ1n) is 5.67. The fourth-order valence-corrected chi connectivity index (χ4v) is 3.01. The van der Waals surface area contributed by atoms with Crippen LogP contribution in [0.4, 0.5) is 0 Å². The number of hydrogen-bond donors (Lipinski definition) is 1. The third-order valence-electron chi connectivity index (χ3n) is 3.59. The average Bonchev–Trinajstić information content (AvgIpc) is 2.73. The Hall–Kier alpha value is -0.970. The topological polar surface area (TPSA) is 63.4 Å². The molecule has 0 radical (unpaired) electrons. The van der Waals surface area contributed by atoms with Crippen LogP contribution in [0.3, 0.4) is 0 Å². The largest absolute Gasteiger partial charge is 0.393 e. The number of rotatable bonds is 2. The van der Waals surface area contributed by atoms with E-state index in [1.807, 2.05) is 0 Å². The van der Waals surface area contributed by atoms with Crippen molar-refractivity contribution in [1.29, 1.82) is 0 Å². The van der Waals surface area contributed by atoms with Crippen molar-refractivity contribution in [2.45, 2.75) is 38.6 Å². The van der Waals surface area contributed by atoms with Crippen molar-refractivity contribution in [3.63, 3.8) is 0 Å². The van der Waals surface area contributed by atoms with Crippen LogP contribution in [0, 0.1) is 11.8 Å². The Morgan fingerprint density at radius 2 is 2.12 bits per heavy atom. The van der Waals surface area contributed by atoms with E-state index in [1.165, 1.54) is 4.90 Å². The van der Waals surface area contributed by atoms with Gasteiger partial charge in [-0.15, -0.1) is 0 Å². The average molecular weight is 240 g/mol. The molecule has 2 N–H and O–H groups in total. The number of likely N-dealkylation sites (tertiary alicyclic amines) is 1. The molecule has 0 aromatic carbocycles. The van der Waals surface area contributed by atoms with Crippen molar-refractivity contribution in [2.75, 3.05) is 0 Å². The predicted octanol–water partition coefficient (Wildman–Crippen LogP) is 0.836. The molecule has 1 saturated heterocycles. The Balaban J connectivity index is 2.21. The number of nitrogens with zero attached hydrogens (tertiary/aromatic N) is 1. The molecule has 3 unspecified atom stereocenters. The van der Waals surface area contributed by atoms with E-state index in [0.717, 1.165) is 19.3 Å². The Labute approximate surface area is 100 Å². The minimum Gasteiger partial charge on any atom is -0.393 e. The summed E-state index contributed by atoms with van der Waals surface area (Å²) in [5, 5.41) is 0. The van der Waals surface area contributed by atoms with E-state index < -0.39 is 0 Å². The molecule has 0 aromatic rings. The SMILES string of the molecule is CC1CC(=O)N(C2CCCC2C(N)=S)C1=O. The molecule has 2 fully saturated rings. The maximum Gasteiger partial charge on any atom is 0.232 e. The molecule has 1 aliphatic carbocycles. The van der Waals surface area contributed by atoms with Gasteiger partial charge < -0.3 is 5.73 Å². The fraction of sp³-hybridized carbons (Fsp3) is 0.727. The van der Waals surface area contributed by atoms with Gasteiger partial charge in [0.05, 0.1) is 4.99 Å². The maximum absolute atomic E-state index is 11.9. The first-order valence-corrected chi connectivity index (χ1v) is 6.08. The third kappa shape index (κ3) is 1.73. The molecular formula is C11H16N2O2S. The summed E-state index contributed by atoms with van der Waals surface area (Å²) < 4.78 is 0. The van der Waals surface area contributed by atoms with Gasteiger partial charge in [0, 0.05) is 24.3 Å². The van der Waals surface area contributed by atoms with Crippen LogP contribution in [0.15, 0.2) is 0 Å². The Kier molecular flexibility index (Phi) is 2.97. The van der Waals surface area contributed by atoms with Crippen LogP contribution in [0.2, 0.25) is 0 Å². The fourth-order valence-electron chi connectivity index (χ4n) is 2.74. The number of thiocarbonyl (C=S) groups is 1. The molecule has 88 valence electrons. The number of hydrogen-bond acceptors (Lipinski definition) is 3. The number of imide groups is 1. The van der Waals surface area contributed by atoms with E-state index in [1.54, 1.807) is 6.92 Å². The van der Waals surface area contributed by atoms with E-state index in [4.69, 9.17) is 18.0 Å². The Morgan fingerprint density at radius 1 is 1.44 bits per heavy atom. The summed E-state index contributed by atoms with van der Waals surface area (Å²) in [6.45, 7) is 1.80. The van der Waals surface area contributed by atoms with Gasteiger partial charge in [-0.25, -0.2) is 0 Å². The van der Waals surface area contributed by atoms with Gasteiger partial charge in [-0.3, -0.25) is 14.5 Å². The zero-order valence-electron chi connectivity index (χ0n) is 9.31. The van der Waals surface area contributed by atoms with Crippen molar-refractivity contribution < 1.29 is 9.59 Å². The summed E-state index contributed by atoms with van der Waals surface area (Å²) in [5.74, 6) is -0.280. The third-order valence-corrected chi connectivity index (χ3v) is 3.89. The minimum absolute atomic E-state index is 0.0215. The molecule has 2 amide bonds. The summed E-state index contributed by atoms with van der Waals surface area (Å²) in [6, 6.07) is -0.0811. The van der Waals surface area contributed by atoms with E-state index in [-0.39, 0.29) is 29.7 Å². The number of nitrogens with two attached hydrogens (primary N) is 1. The van der Waals surface area contributed by atoms with E-state index in [9.17, 15) is 9.59 Å². The molecule has 1 heterocycles. The highest BCUT2D eigenvalue weighted by Gasteiger charge is 2.45. The van der Waals surface area contributed by atoms with Gasteiger partial charge in [0.15, 0.2) is 0 Å². The van der Waals surface area contributed by atoms with Crippen molar-refractivity contribution in [3.8, 4) is 0 Å². The first-order chi connectivity index (χ1) is 7.52. The van der Waals surface area contributed by atoms with E-state index in [0.29, 0.717) is 11.4 Å². The molecule has 2 aliphatic rings.